The molecule has 266 valence electrons. The first-order valence-electron chi connectivity index (χ1n) is 19.6. The van der Waals surface area contributed by atoms with E-state index in [9.17, 15) is 0 Å². The topological polar surface area (TPSA) is 22.8 Å². The molecule has 2 aliphatic carbocycles. The van der Waals surface area contributed by atoms with Gasteiger partial charge in [0.25, 0.3) is 0 Å². The van der Waals surface area contributed by atoms with E-state index in [2.05, 4.69) is 202 Å². The first-order chi connectivity index (χ1) is 27.8. The highest BCUT2D eigenvalue weighted by Crippen LogP contribution is 2.44. The van der Waals surface area contributed by atoms with Gasteiger partial charge in [0.15, 0.2) is 0 Å². The lowest BCUT2D eigenvalue weighted by Gasteiger charge is -2.28. The Morgan fingerprint density at radius 1 is 0.518 bits per heavy atom. The summed E-state index contributed by atoms with van der Waals surface area (Å²) in [5.74, 6) is 0.245. The van der Waals surface area contributed by atoms with Crippen molar-refractivity contribution in [3.63, 3.8) is 0 Å². The van der Waals surface area contributed by atoms with E-state index in [0.717, 1.165) is 12.8 Å². The first-order valence-corrected chi connectivity index (χ1v) is 19.6. The minimum atomic E-state index is 0.159. The minimum Gasteiger partial charge on any atom is -0.337 e. The van der Waals surface area contributed by atoms with Crippen molar-refractivity contribution in [2.75, 3.05) is 0 Å². The van der Waals surface area contributed by atoms with Crippen LogP contribution in [0, 0.1) is 0 Å². The number of rotatable bonds is 6. The van der Waals surface area contributed by atoms with Crippen molar-refractivity contribution in [2.24, 2.45) is 0 Å². The number of nitrogens with zero attached hydrogens (tertiary/aromatic N) is 3. The van der Waals surface area contributed by atoms with Crippen molar-refractivity contribution < 1.29 is 0 Å². The fourth-order valence-electron chi connectivity index (χ4n) is 9.32. The second-order valence-corrected chi connectivity index (χ2v) is 15.1. The summed E-state index contributed by atoms with van der Waals surface area (Å²) in [6.07, 6.45) is 15.4. The Kier molecular flexibility index (Phi) is 7.77. The molecule has 56 heavy (non-hydrogen) atoms. The van der Waals surface area contributed by atoms with Crippen LogP contribution >= 0.6 is 0 Å². The Hall–Kier alpha value is -6.97. The Morgan fingerprint density at radius 3 is 2.04 bits per heavy atom. The van der Waals surface area contributed by atoms with Crippen LogP contribution in [0.5, 0.6) is 0 Å². The van der Waals surface area contributed by atoms with E-state index >= 15 is 0 Å². The van der Waals surface area contributed by atoms with E-state index in [1.54, 1.807) is 0 Å². The van der Waals surface area contributed by atoms with Gasteiger partial charge in [0.2, 0.25) is 0 Å². The summed E-state index contributed by atoms with van der Waals surface area (Å²) in [5, 5.41) is 3.89. The Balaban J connectivity index is 1.01. The number of hydrogen-bond donors (Lipinski definition) is 0. The van der Waals surface area contributed by atoms with Crippen LogP contribution in [-0.4, -0.2) is 14.1 Å². The number of benzene rings is 6. The molecular formula is C53H39N3. The maximum atomic E-state index is 4.33. The predicted molar refractivity (Wildman–Crippen MR) is 234 cm³/mol. The van der Waals surface area contributed by atoms with Gasteiger partial charge in [-0.25, -0.2) is 0 Å². The molecule has 0 fully saturated rings. The molecule has 3 heterocycles. The molecule has 0 bridgehead atoms. The molecule has 0 saturated heterocycles. The summed E-state index contributed by atoms with van der Waals surface area (Å²) >= 11 is 0. The van der Waals surface area contributed by atoms with Crippen molar-refractivity contribution in [1.29, 1.82) is 0 Å². The van der Waals surface area contributed by atoms with Crippen molar-refractivity contribution in [2.45, 2.75) is 24.8 Å². The fourth-order valence-corrected chi connectivity index (χ4v) is 9.32. The van der Waals surface area contributed by atoms with Crippen molar-refractivity contribution in [3.8, 4) is 16.8 Å². The maximum Gasteiger partial charge on any atom is 0.0569 e. The molecule has 9 aromatic rings. The number of hydrogen-bond acceptors (Lipinski definition) is 1. The van der Waals surface area contributed by atoms with E-state index in [-0.39, 0.29) is 12.0 Å². The number of aromatic nitrogens is 3. The molecule has 2 atom stereocenters. The molecule has 0 N–H and O–H groups in total. The lowest BCUT2D eigenvalue weighted by Crippen LogP contribution is -2.17. The van der Waals surface area contributed by atoms with Gasteiger partial charge in [0.1, 0.15) is 0 Å². The van der Waals surface area contributed by atoms with Gasteiger partial charge >= 0.3 is 0 Å². The zero-order valence-corrected chi connectivity index (χ0v) is 31.0. The molecule has 3 heteroatoms. The molecule has 11 rings (SSSR count). The third-order valence-corrected chi connectivity index (χ3v) is 11.9. The first kappa shape index (κ1) is 32.5. The van der Waals surface area contributed by atoms with E-state index in [0.29, 0.717) is 0 Å². The van der Waals surface area contributed by atoms with Crippen LogP contribution in [-0.2, 0) is 6.42 Å². The van der Waals surface area contributed by atoms with E-state index in [4.69, 9.17) is 0 Å². The number of allylic oxidation sites excluding steroid dienone is 5. The SMILES string of the molecule is C1=CC(c2ccc3c(c2)c2ccccc2n3-c2cccc(-c3ccccc3)c2)Cc2c1c1ccccc1n2C1C=C(c2ccccc2)C=C(c2ccncc2)C1. The summed E-state index contributed by atoms with van der Waals surface area (Å²) < 4.78 is 5.09. The highest BCUT2D eigenvalue weighted by Gasteiger charge is 2.28. The minimum absolute atomic E-state index is 0.159. The third kappa shape index (κ3) is 5.47. The normalized spacial score (nSPS) is 16.6. The summed E-state index contributed by atoms with van der Waals surface area (Å²) in [7, 11) is 0. The quantitative estimate of drug-likeness (QED) is 0.168. The Bertz CT molecular complexity index is 3020. The van der Waals surface area contributed by atoms with Crippen LogP contribution in [0.2, 0.25) is 0 Å². The third-order valence-electron chi connectivity index (χ3n) is 11.9. The summed E-state index contributed by atoms with van der Waals surface area (Å²) in [4.78, 5) is 4.33. The second kappa shape index (κ2) is 13.4. The van der Waals surface area contributed by atoms with Crippen LogP contribution in [0.3, 0.4) is 0 Å². The molecule has 0 aliphatic heterocycles. The molecule has 0 saturated carbocycles. The van der Waals surface area contributed by atoms with Gasteiger partial charge in [-0.1, -0.05) is 140 Å². The van der Waals surface area contributed by atoms with Crippen LogP contribution in [0.25, 0.3) is 66.7 Å². The van der Waals surface area contributed by atoms with Gasteiger partial charge < -0.3 is 9.13 Å². The largest absolute Gasteiger partial charge is 0.337 e. The molecule has 2 aliphatic rings. The lowest BCUT2D eigenvalue weighted by atomic mass is 9.86. The summed E-state index contributed by atoms with van der Waals surface area (Å²) in [6, 6.07) is 59.9. The predicted octanol–water partition coefficient (Wildman–Crippen LogP) is 13.3. The smallest absolute Gasteiger partial charge is 0.0569 e. The Morgan fingerprint density at radius 2 is 1.21 bits per heavy atom. The molecule has 3 nitrogen and oxygen atoms in total. The summed E-state index contributed by atoms with van der Waals surface area (Å²) in [5.41, 5.74) is 16.5. The molecule has 0 amide bonds. The Labute approximate surface area is 326 Å². The molecule has 0 radical (unpaired) electrons. The zero-order chi connectivity index (χ0) is 37.0. The van der Waals surface area contributed by atoms with E-state index < -0.39 is 0 Å². The van der Waals surface area contributed by atoms with Crippen molar-refractivity contribution in [1.82, 2.24) is 14.1 Å². The molecule has 2 unspecified atom stereocenters. The molecule has 0 spiro atoms. The van der Waals surface area contributed by atoms with E-state index in [1.165, 1.54) is 88.6 Å². The highest BCUT2D eigenvalue weighted by atomic mass is 15.0. The highest BCUT2D eigenvalue weighted by molar-refractivity contribution is 6.09. The maximum absolute atomic E-state index is 4.33. The van der Waals surface area contributed by atoms with Gasteiger partial charge in [-0.2, -0.15) is 0 Å². The lowest BCUT2D eigenvalue weighted by molar-refractivity contribution is 0.597. The fraction of sp³-hybridized carbons (Fsp3) is 0.0755. The molecular weight excluding hydrogens is 679 g/mol. The molecule has 6 aromatic carbocycles. The number of para-hydroxylation sites is 2. The van der Waals surface area contributed by atoms with Crippen LogP contribution in [0.1, 0.15) is 46.3 Å². The van der Waals surface area contributed by atoms with Gasteiger partial charge in [0, 0.05) is 56.9 Å². The average molecular weight is 718 g/mol. The van der Waals surface area contributed by atoms with Crippen LogP contribution in [0.15, 0.2) is 194 Å². The second-order valence-electron chi connectivity index (χ2n) is 15.1. The van der Waals surface area contributed by atoms with Crippen molar-refractivity contribution >= 4 is 49.9 Å². The van der Waals surface area contributed by atoms with Gasteiger partial charge in [-0.05, 0) is 100 Å². The zero-order valence-electron chi connectivity index (χ0n) is 31.0. The molecule has 3 aromatic heterocycles. The standard InChI is InChI=1S/C53H39N3/c1-3-12-36(13-4-1)39-16-11-17-44(31-39)55-51-21-10-8-19-47(51)49-34-40(23-25-52(49)55)41-22-24-48-46-18-7-9-20-50(46)56(53(48)35-41)45-32-42(37-14-5-2-6-15-37)30-43(33-45)38-26-28-54-29-27-38/h1-32,34,41,45H,33,35H2. The van der Waals surface area contributed by atoms with Crippen LogP contribution in [0.4, 0.5) is 0 Å². The summed E-state index contributed by atoms with van der Waals surface area (Å²) in [6.45, 7) is 0. The number of fused-ring (bicyclic) bond motifs is 6. The van der Waals surface area contributed by atoms with Crippen molar-refractivity contribution in [3.05, 3.63) is 222 Å². The van der Waals surface area contributed by atoms with Gasteiger partial charge in [0.05, 0.1) is 17.1 Å². The number of pyridine rings is 1. The van der Waals surface area contributed by atoms with E-state index in [1.807, 2.05) is 12.4 Å². The van der Waals surface area contributed by atoms with Gasteiger partial charge in [-0.15, -0.1) is 0 Å². The average Bonchev–Trinajstić information content (AvgIpc) is 3.79. The van der Waals surface area contributed by atoms with Crippen LogP contribution < -0.4 is 0 Å². The van der Waals surface area contributed by atoms with Gasteiger partial charge in [-0.3, -0.25) is 4.98 Å². The monoisotopic (exact) mass is 717 g/mol.